The van der Waals surface area contributed by atoms with E-state index in [9.17, 15) is 13.2 Å². The van der Waals surface area contributed by atoms with Crippen molar-refractivity contribution in [3.05, 3.63) is 48.3 Å². The lowest BCUT2D eigenvalue weighted by Gasteiger charge is -2.17. The first-order valence-corrected chi connectivity index (χ1v) is 8.09. The highest BCUT2D eigenvalue weighted by Gasteiger charge is 2.34. The van der Waals surface area contributed by atoms with Crippen LogP contribution in [0.2, 0.25) is 0 Å². The third-order valence-corrected chi connectivity index (χ3v) is 4.18. The number of rotatable bonds is 6. The second-order valence-electron chi connectivity index (χ2n) is 6.22. The van der Waals surface area contributed by atoms with Crippen LogP contribution in [0.3, 0.4) is 0 Å². The first-order valence-electron chi connectivity index (χ1n) is 8.09. The summed E-state index contributed by atoms with van der Waals surface area (Å²) >= 11 is 0. The lowest BCUT2D eigenvalue weighted by molar-refractivity contribution is -0.143. The molecular formula is C17H21F3N4. The monoisotopic (exact) mass is 338 g/mol. The van der Waals surface area contributed by atoms with E-state index in [2.05, 4.69) is 10.4 Å². The molecule has 1 aromatic carbocycles. The SMILES string of the molecule is FC(F)(F)CN1CCC(CNCc2ccn(-c3ccccc3)n2)C1. The van der Waals surface area contributed by atoms with Crippen LogP contribution in [0, 0.1) is 5.92 Å². The maximum Gasteiger partial charge on any atom is 0.401 e. The molecule has 1 aromatic heterocycles. The summed E-state index contributed by atoms with van der Waals surface area (Å²) < 4.78 is 39.0. The number of nitrogens with zero attached hydrogens (tertiary/aromatic N) is 3. The van der Waals surface area contributed by atoms with Crippen molar-refractivity contribution in [1.82, 2.24) is 20.0 Å². The van der Waals surface area contributed by atoms with Gasteiger partial charge in [0.15, 0.2) is 0 Å². The molecule has 2 aromatic rings. The number of nitrogens with one attached hydrogen (secondary N) is 1. The number of halogens is 3. The molecule has 1 saturated heterocycles. The topological polar surface area (TPSA) is 33.1 Å². The Morgan fingerprint density at radius 2 is 1.96 bits per heavy atom. The molecule has 7 heteroatoms. The Labute approximate surface area is 139 Å². The van der Waals surface area contributed by atoms with Crippen molar-refractivity contribution in [2.45, 2.75) is 19.1 Å². The van der Waals surface area contributed by atoms with Gasteiger partial charge in [0.25, 0.3) is 0 Å². The Bertz CT molecular complexity index is 639. The minimum Gasteiger partial charge on any atom is -0.311 e. The van der Waals surface area contributed by atoms with Crippen LogP contribution in [0.1, 0.15) is 12.1 Å². The van der Waals surface area contributed by atoms with Crippen LogP contribution in [0.5, 0.6) is 0 Å². The number of aromatic nitrogens is 2. The predicted molar refractivity (Wildman–Crippen MR) is 85.9 cm³/mol. The summed E-state index contributed by atoms with van der Waals surface area (Å²) in [6, 6.07) is 11.8. The molecule has 1 N–H and O–H groups in total. The molecule has 1 unspecified atom stereocenters. The van der Waals surface area contributed by atoms with E-state index in [1.807, 2.05) is 47.3 Å². The Kier molecular flexibility index (Phi) is 5.20. The summed E-state index contributed by atoms with van der Waals surface area (Å²) in [5.74, 6) is 0.267. The van der Waals surface area contributed by atoms with Gasteiger partial charge < -0.3 is 5.32 Å². The molecule has 4 nitrogen and oxygen atoms in total. The fourth-order valence-electron chi connectivity index (χ4n) is 3.06. The van der Waals surface area contributed by atoms with Gasteiger partial charge in [-0.1, -0.05) is 18.2 Å². The van der Waals surface area contributed by atoms with Crippen molar-refractivity contribution in [2.75, 3.05) is 26.2 Å². The molecule has 130 valence electrons. The molecule has 0 bridgehead atoms. The fourth-order valence-corrected chi connectivity index (χ4v) is 3.06. The van der Waals surface area contributed by atoms with Crippen molar-refractivity contribution >= 4 is 0 Å². The minimum atomic E-state index is -4.10. The third kappa shape index (κ3) is 4.82. The van der Waals surface area contributed by atoms with Gasteiger partial charge in [-0.25, -0.2) is 4.68 Å². The quantitative estimate of drug-likeness (QED) is 0.879. The van der Waals surface area contributed by atoms with Crippen LogP contribution < -0.4 is 5.32 Å². The largest absolute Gasteiger partial charge is 0.401 e. The first kappa shape index (κ1) is 17.0. The molecule has 1 fully saturated rings. The number of alkyl halides is 3. The maximum atomic E-state index is 12.4. The molecule has 2 heterocycles. The number of likely N-dealkylation sites (tertiary alicyclic amines) is 1. The molecule has 0 saturated carbocycles. The number of para-hydroxylation sites is 1. The van der Waals surface area contributed by atoms with Crippen molar-refractivity contribution < 1.29 is 13.2 Å². The second kappa shape index (κ2) is 7.36. The summed E-state index contributed by atoms with van der Waals surface area (Å²) in [4.78, 5) is 1.48. The normalized spacial score (nSPS) is 19.0. The molecule has 1 atom stereocenters. The lowest BCUT2D eigenvalue weighted by atomic mass is 10.1. The molecule has 0 radical (unpaired) electrons. The first-order chi connectivity index (χ1) is 11.5. The highest BCUT2D eigenvalue weighted by atomic mass is 19.4. The molecule has 1 aliphatic heterocycles. The van der Waals surface area contributed by atoms with E-state index >= 15 is 0 Å². The average Bonchev–Trinajstić information content (AvgIpc) is 3.16. The van der Waals surface area contributed by atoms with Gasteiger partial charge in [-0.05, 0) is 43.6 Å². The number of hydrogen-bond acceptors (Lipinski definition) is 3. The van der Waals surface area contributed by atoms with Gasteiger partial charge in [-0.2, -0.15) is 18.3 Å². The summed E-state index contributed by atoms with van der Waals surface area (Å²) in [6.45, 7) is 1.56. The molecular weight excluding hydrogens is 317 g/mol. The van der Waals surface area contributed by atoms with Crippen LogP contribution in [-0.2, 0) is 6.54 Å². The van der Waals surface area contributed by atoms with Crippen molar-refractivity contribution in [1.29, 1.82) is 0 Å². The van der Waals surface area contributed by atoms with Crippen LogP contribution in [0.15, 0.2) is 42.6 Å². The van der Waals surface area contributed by atoms with Crippen molar-refractivity contribution in [2.24, 2.45) is 5.92 Å². The predicted octanol–water partition coefficient (Wildman–Crippen LogP) is 2.85. The molecule has 1 aliphatic rings. The summed E-state index contributed by atoms with van der Waals surface area (Å²) in [7, 11) is 0. The Morgan fingerprint density at radius 1 is 1.17 bits per heavy atom. The van der Waals surface area contributed by atoms with Gasteiger partial charge in [-0.3, -0.25) is 4.90 Å². The third-order valence-electron chi connectivity index (χ3n) is 4.18. The summed E-state index contributed by atoms with van der Waals surface area (Å²) in [5.41, 5.74) is 1.92. The zero-order valence-corrected chi connectivity index (χ0v) is 13.3. The zero-order valence-electron chi connectivity index (χ0n) is 13.3. The van der Waals surface area contributed by atoms with Gasteiger partial charge in [0, 0.05) is 19.3 Å². The summed E-state index contributed by atoms with van der Waals surface area (Å²) in [5, 5.41) is 7.81. The van der Waals surface area contributed by atoms with Gasteiger partial charge >= 0.3 is 6.18 Å². The van der Waals surface area contributed by atoms with Crippen molar-refractivity contribution in [3.63, 3.8) is 0 Å². The Hall–Kier alpha value is -1.86. The van der Waals surface area contributed by atoms with Crippen LogP contribution in [-0.4, -0.2) is 47.0 Å². The van der Waals surface area contributed by atoms with Gasteiger partial charge in [0.05, 0.1) is 17.9 Å². The second-order valence-corrected chi connectivity index (χ2v) is 6.22. The average molecular weight is 338 g/mol. The van der Waals surface area contributed by atoms with E-state index in [-0.39, 0.29) is 5.92 Å². The van der Waals surface area contributed by atoms with Gasteiger partial charge in [0.1, 0.15) is 0 Å². The maximum absolute atomic E-state index is 12.4. The molecule has 0 aliphatic carbocycles. The lowest BCUT2D eigenvalue weighted by Crippen LogP contribution is -2.33. The molecule has 0 amide bonds. The van der Waals surface area contributed by atoms with E-state index in [1.165, 1.54) is 4.90 Å². The smallest absolute Gasteiger partial charge is 0.311 e. The van der Waals surface area contributed by atoms with Crippen LogP contribution in [0.25, 0.3) is 5.69 Å². The van der Waals surface area contributed by atoms with E-state index in [4.69, 9.17) is 0 Å². The molecule has 0 spiro atoms. The molecule has 24 heavy (non-hydrogen) atoms. The fraction of sp³-hybridized carbons (Fsp3) is 0.471. The van der Waals surface area contributed by atoms with E-state index in [1.54, 1.807) is 0 Å². The van der Waals surface area contributed by atoms with Gasteiger partial charge in [-0.15, -0.1) is 0 Å². The number of hydrogen-bond donors (Lipinski definition) is 1. The summed E-state index contributed by atoms with van der Waals surface area (Å²) in [6.07, 6.45) is -1.39. The zero-order chi connectivity index (χ0) is 17.0. The Balaban J connectivity index is 1.42. The van der Waals surface area contributed by atoms with Crippen molar-refractivity contribution in [3.8, 4) is 5.69 Å². The highest BCUT2D eigenvalue weighted by Crippen LogP contribution is 2.22. The van der Waals surface area contributed by atoms with E-state index < -0.39 is 12.7 Å². The highest BCUT2D eigenvalue weighted by molar-refractivity contribution is 5.30. The number of benzene rings is 1. The minimum absolute atomic E-state index is 0.267. The van der Waals surface area contributed by atoms with E-state index in [0.717, 1.165) is 17.8 Å². The van der Waals surface area contributed by atoms with Crippen LogP contribution in [0.4, 0.5) is 13.2 Å². The molecule has 3 rings (SSSR count). The van der Waals surface area contributed by atoms with E-state index in [0.29, 0.717) is 26.2 Å². The Morgan fingerprint density at radius 3 is 2.71 bits per heavy atom. The van der Waals surface area contributed by atoms with Crippen LogP contribution >= 0.6 is 0 Å². The van der Waals surface area contributed by atoms with Gasteiger partial charge in [0.2, 0.25) is 0 Å². The standard InChI is InChI=1S/C17H21F3N4/c18-17(19,20)13-23-8-6-14(12-23)10-21-11-15-7-9-24(22-15)16-4-2-1-3-5-16/h1-5,7,9,14,21H,6,8,10-13H2.